The SMILES string of the molecule is O=C(NC1CC1)c1cc(SCC(=O)N2CCc3[nH]c4ccccc4c3C2)nc2ccccc12. The molecule has 33 heavy (non-hydrogen) atoms. The molecule has 2 aromatic carbocycles. The van der Waals surface area contributed by atoms with Crippen LogP contribution in [-0.2, 0) is 17.8 Å². The second-order valence-electron chi connectivity index (χ2n) is 8.75. The quantitative estimate of drug-likeness (QED) is 0.439. The monoisotopic (exact) mass is 456 g/mol. The molecule has 166 valence electrons. The maximum atomic E-state index is 13.1. The first-order chi connectivity index (χ1) is 16.2. The highest BCUT2D eigenvalue weighted by Crippen LogP contribution is 2.29. The number of carbonyl (C=O) groups is 2. The Kier molecular flexibility index (Phi) is 5.06. The number of aromatic nitrogens is 2. The number of pyridine rings is 1. The third-order valence-corrected chi connectivity index (χ3v) is 7.33. The van der Waals surface area contributed by atoms with Gasteiger partial charge in [0.15, 0.2) is 0 Å². The third kappa shape index (κ3) is 3.97. The van der Waals surface area contributed by atoms with Gasteiger partial charge in [0, 0.05) is 53.1 Å². The molecule has 3 heterocycles. The van der Waals surface area contributed by atoms with E-state index in [1.54, 1.807) is 0 Å². The molecule has 1 aliphatic heterocycles. The van der Waals surface area contributed by atoms with Crippen LogP contribution in [0.2, 0.25) is 0 Å². The minimum atomic E-state index is -0.0628. The fourth-order valence-electron chi connectivity index (χ4n) is 4.51. The number of para-hydroxylation sites is 2. The number of H-pyrrole nitrogens is 1. The molecule has 1 saturated carbocycles. The summed E-state index contributed by atoms with van der Waals surface area (Å²) in [5, 5.41) is 5.81. The molecule has 0 atom stereocenters. The van der Waals surface area contributed by atoms with E-state index in [0.717, 1.165) is 35.7 Å². The molecule has 2 amide bonds. The van der Waals surface area contributed by atoms with Crippen LogP contribution in [0.15, 0.2) is 59.6 Å². The van der Waals surface area contributed by atoms with Crippen molar-refractivity contribution in [2.75, 3.05) is 12.3 Å². The van der Waals surface area contributed by atoms with E-state index in [1.165, 1.54) is 28.4 Å². The van der Waals surface area contributed by atoms with Gasteiger partial charge in [0.1, 0.15) is 0 Å². The van der Waals surface area contributed by atoms with E-state index in [1.807, 2.05) is 47.4 Å². The molecular weight excluding hydrogens is 432 g/mol. The Hall–Kier alpha value is -3.32. The fourth-order valence-corrected chi connectivity index (χ4v) is 5.33. The molecule has 0 bridgehead atoms. The summed E-state index contributed by atoms with van der Waals surface area (Å²) in [5.41, 5.74) is 4.98. The standard InChI is InChI=1S/C26H24N4O2S/c31-25(30-12-11-23-20(14-30)18-6-2-3-7-21(18)28-23)15-33-24-13-19(26(32)27-16-9-10-16)17-5-1-4-8-22(17)29-24/h1-8,13,16,28H,9-12,14-15H2,(H,27,32). The summed E-state index contributed by atoms with van der Waals surface area (Å²) in [7, 11) is 0. The lowest BCUT2D eigenvalue weighted by molar-refractivity contribution is -0.129. The van der Waals surface area contributed by atoms with Crippen molar-refractivity contribution < 1.29 is 9.59 Å². The van der Waals surface area contributed by atoms with Gasteiger partial charge in [-0.3, -0.25) is 9.59 Å². The summed E-state index contributed by atoms with van der Waals surface area (Å²) in [6, 6.07) is 18.1. The topological polar surface area (TPSA) is 78.1 Å². The number of amides is 2. The van der Waals surface area contributed by atoms with Crippen LogP contribution >= 0.6 is 11.8 Å². The van der Waals surface area contributed by atoms with Crippen LogP contribution in [0.3, 0.4) is 0 Å². The maximum absolute atomic E-state index is 13.1. The average Bonchev–Trinajstić information content (AvgIpc) is 3.58. The molecule has 0 saturated heterocycles. The van der Waals surface area contributed by atoms with Gasteiger partial charge in [-0.2, -0.15) is 0 Å². The number of fused-ring (bicyclic) bond motifs is 4. The molecule has 2 N–H and O–H groups in total. The van der Waals surface area contributed by atoms with E-state index in [-0.39, 0.29) is 17.9 Å². The molecule has 2 aromatic heterocycles. The molecule has 2 aliphatic rings. The van der Waals surface area contributed by atoms with E-state index >= 15 is 0 Å². The lowest BCUT2D eigenvalue weighted by Gasteiger charge is -2.27. The molecular formula is C26H24N4O2S. The first-order valence-corrected chi connectivity index (χ1v) is 12.3. The number of carbonyl (C=O) groups excluding carboxylic acids is 2. The van der Waals surface area contributed by atoms with E-state index < -0.39 is 0 Å². The van der Waals surface area contributed by atoms with Gasteiger partial charge in [0.25, 0.3) is 5.91 Å². The van der Waals surface area contributed by atoms with Gasteiger partial charge in [-0.1, -0.05) is 48.2 Å². The average molecular weight is 457 g/mol. The van der Waals surface area contributed by atoms with Gasteiger partial charge in [-0.25, -0.2) is 4.98 Å². The first-order valence-electron chi connectivity index (χ1n) is 11.4. The second kappa shape index (κ2) is 8.23. The van der Waals surface area contributed by atoms with Crippen molar-refractivity contribution in [3.63, 3.8) is 0 Å². The van der Waals surface area contributed by atoms with Crippen LogP contribution in [0.5, 0.6) is 0 Å². The zero-order valence-electron chi connectivity index (χ0n) is 18.1. The highest BCUT2D eigenvalue weighted by molar-refractivity contribution is 7.99. The Bertz CT molecular complexity index is 1390. The smallest absolute Gasteiger partial charge is 0.252 e. The lowest BCUT2D eigenvalue weighted by Crippen LogP contribution is -2.36. The van der Waals surface area contributed by atoms with Crippen molar-refractivity contribution in [1.29, 1.82) is 0 Å². The number of hydrogen-bond donors (Lipinski definition) is 2. The Morgan fingerprint density at radius 2 is 1.88 bits per heavy atom. The summed E-state index contributed by atoms with van der Waals surface area (Å²) >= 11 is 1.40. The summed E-state index contributed by atoms with van der Waals surface area (Å²) in [6.45, 7) is 1.33. The molecule has 6 rings (SSSR count). The van der Waals surface area contributed by atoms with Gasteiger partial charge in [-0.15, -0.1) is 0 Å². The largest absolute Gasteiger partial charge is 0.358 e. The van der Waals surface area contributed by atoms with Crippen molar-refractivity contribution in [2.45, 2.75) is 36.9 Å². The number of aromatic amines is 1. The summed E-state index contributed by atoms with van der Waals surface area (Å²) in [5.74, 6) is 0.328. The Labute approximate surface area is 195 Å². The predicted molar refractivity (Wildman–Crippen MR) is 130 cm³/mol. The molecule has 0 radical (unpaired) electrons. The molecule has 1 aliphatic carbocycles. The molecule has 6 nitrogen and oxygen atoms in total. The zero-order valence-corrected chi connectivity index (χ0v) is 19.0. The number of hydrogen-bond acceptors (Lipinski definition) is 4. The van der Waals surface area contributed by atoms with Crippen molar-refractivity contribution in [3.05, 3.63) is 71.4 Å². The van der Waals surface area contributed by atoms with Crippen LogP contribution in [0.1, 0.15) is 34.5 Å². The van der Waals surface area contributed by atoms with Crippen LogP contribution in [0, 0.1) is 0 Å². The first kappa shape index (κ1) is 20.3. The van der Waals surface area contributed by atoms with Crippen LogP contribution in [0.4, 0.5) is 0 Å². The van der Waals surface area contributed by atoms with E-state index in [2.05, 4.69) is 22.4 Å². The number of nitrogens with zero attached hydrogens (tertiary/aromatic N) is 2. The normalized spacial score (nSPS) is 15.6. The van der Waals surface area contributed by atoms with Gasteiger partial charge >= 0.3 is 0 Å². The van der Waals surface area contributed by atoms with Gasteiger partial charge < -0.3 is 15.2 Å². The van der Waals surface area contributed by atoms with Crippen LogP contribution in [0.25, 0.3) is 21.8 Å². The highest BCUT2D eigenvalue weighted by Gasteiger charge is 2.26. The van der Waals surface area contributed by atoms with Crippen LogP contribution in [-0.4, -0.2) is 45.0 Å². The van der Waals surface area contributed by atoms with E-state index in [9.17, 15) is 9.59 Å². The second-order valence-corrected chi connectivity index (χ2v) is 9.75. The molecule has 4 aromatic rings. The van der Waals surface area contributed by atoms with Crippen molar-refractivity contribution in [2.24, 2.45) is 0 Å². The fraction of sp³-hybridized carbons (Fsp3) is 0.269. The van der Waals surface area contributed by atoms with Gasteiger partial charge in [0.05, 0.1) is 21.9 Å². The minimum absolute atomic E-state index is 0.0628. The van der Waals surface area contributed by atoms with Crippen molar-refractivity contribution >= 4 is 45.4 Å². The lowest BCUT2D eigenvalue weighted by atomic mass is 10.0. The number of thioether (sulfide) groups is 1. The Morgan fingerprint density at radius 1 is 1.09 bits per heavy atom. The highest BCUT2D eigenvalue weighted by atomic mass is 32.2. The van der Waals surface area contributed by atoms with Crippen molar-refractivity contribution in [1.82, 2.24) is 20.2 Å². The Balaban J connectivity index is 1.20. The third-order valence-electron chi connectivity index (χ3n) is 6.43. The van der Waals surface area contributed by atoms with Crippen LogP contribution < -0.4 is 5.32 Å². The summed E-state index contributed by atoms with van der Waals surface area (Å²) < 4.78 is 0. The molecule has 1 fully saturated rings. The molecule has 0 unspecified atom stereocenters. The zero-order chi connectivity index (χ0) is 22.4. The van der Waals surface area contributed by atoms with E-state index in [4.69, 9.17) is 4.98 Å². The predicted octanol–water partition coefficient (Wildman–Crippen LogP) is 4.29. The number of nitrogens with one attached hydrogen (secondary N) is 2. The van der Waals surface area contributed by atoms with E-state index in [0.29, 0.717) is 29.4 Å². The number of benzene rings is 2. The minimum Gasteiger partial charge on any atom is -0.358 e. The Morgan fingerprint density at radius 3 is 2.73 bits per heavy atom. The van der Waals surface area contributed by atoms with Gasteiger partial charge in [0.2, 0.25) is 5.91 Å². The maximum Gasteiger partial charge on any atom is 0.252 e. The summed E-state index contributed by atoms with van der Waals surface area (Å²) in [6.07, 6.45) is 2.91. The number of rotatable bonds is 5. The molecule has 0 spiro atoms. The van der Waals surface area contributed by atoms with Crippen molar-refractivity contribution in [3.8, 4) is 0 Å². The summed E-state index contributed by atoms with van der Waals surface area (Å²) in [4.78, 5) is 36.0. The molecule has 7 heteroatoms. The van der Waals surface area contributed by atoms with Gasteiger partial charge in [-0.05, 0) is 31.0 Å².